The van der Waals surface area contributed by atoms with E-state index in [-0.39, 0.29) is 11.9 Å². The Morgan fingerprint density at radius 3 is 2.71 bits per heavy atom. The Morgan fingerprint density at radius 1 is 1.29 bits per heavy atom. The molecule has 0 aliphatic heterocycles. The van der Waals surface area contributed by atoms with Crippen molar-refractivity contribution >= 4 is 5.82 Å². The van der Waals surface area contributed by atoms with Crippen molar-refractivity contribution in [2.75, 3.05) is 5.32 Å². The highest BCUT2D eigenvalue weighted by atomic mass is 19.4. The maximum Gasteiger partial charge on any atom is 0.419 e. The number of hydrogen-bond donors (Lipinski definition) is 2. The third-order valence-electron chi connectivity index (χ3n) is 3.57. The molecule has 2 aromatic rings. The van der Waals surface area contributed by atoms with E-state index in [2.05, 4.69) is 15.4 Å². The van der Waals surface area contributed by atoms with Crippen molar-refractivity contribution in [2.24, 2.45) is 0 Å². The molecule has 2 heterocycles. The van der Waals surface area contributed by atoms with Crippen LogP contribution in [0.5, 0.6) is 0 Å². The van der Waals surface area contributed by atoms with Crippen LogP contribution in [0.25, 0.3) is 0 Å². The highest BCUT2D eigenvalue weighted by molar-refractivity contribution is 5.47. The largest absolute Gasteiger partial charge is 0.419 e. The molecule has 0 unspecified atom stereocenters. The SMILES string of the molecule is O[C@@H]1C[C@H](Nc2ncccc2C(F)(F)F)[C@H]1n1cccn1. The zero-order chi connectivity index (χ0) is 15.0. The fraction of sp³-hybridized carbons (Fsp3) is 0.385. The van der Waals surface area contributed by atoms with Crippen molar-refractivity contribution in [1.82, 2.24) is 14.8 Å². The van der Waals surface area contributed by atoms with Crippen molar-refractivity contribution in [3.8, 4) is 0 Å². The number of alkyl halides is 3. The molecule has 0 aromatic carbocycles. The summed E-state index contributed by atoms with van der Waals surface area (Å²) in [6, 6.07) is 3.17. The van der Waals surface area contributed by atoms with Crippen LogP contribution in [-0.2, 0) is 6.18 Å². The van der Waals surface area contributed by atoms with Crippen LogP contribution >= 0.6 is 0 Å². The topological polar surface area (TPSA) is 63.0 Å². The van der Waals surface area contributed by atoms with E-state index >= 15 is 0 Å². The normalized spacial score (nSPS) is 25.4. The number of pyridine rings is 1. The number of aliphatic hydroxyl groups excluding tert-OH is 1. The molecule has 0 bridgehead atoms. The molecule has 112 valence electrons. The van der Waals surface area contributed by atoms with Crippen LogP contribution in [0.3, 0.4) is 0 Å². The number of rotatable bonds is 3. The summed E-state index contributed by atoms with van der Waals surface area (Å²) < 4.78 is 40.3. The minimum absolute atomic E-state index is 0.223. The first-order valence-corrected chi connectivity index (χ1v) is 6.43. The van der Waals surface area contributed by atoms with Crippen LogP contribution in [0.1, 0.15) is 18.0 Å². The van der Waals surface area contributed by atoms with Gasteiger partial charge in [0, 0.05) is 18.6 Å². The van der Waals surface area contributed by atoms with E-state index in [1.807, 2.05) is 0 Å². The second-order valence-electron chi connectivity index (χ2n) is 4.93. The number of aliphatic hydroxyl groups is 1. The molecule has 3 rings (SSSR count). The first-order valence-electron chi connectivity index (χ1n) is 6.43. The van der Waals surface area contributed by atoms with E-state index in [9.17, 15) is 18.3 Å². The lowest BCUT2D eigenvalue weighted by Crippen LogP contribution is -2.51. The molecule has 1 aliphatic carbocycles. The minimum Gasteiger partial charge on any atom is -0.391 e. The maximum atomic E-state index is 12.9. The van der Waals surface area contributed by atoms with Crippen molar-refractivity contribution in [1.29, 1.82) is 0 Å². The first kappa shape index (κ1) is 13.9. The van der Waals surface area contributed by atoms with E-state index < -0.39 is 23.9 Å². The summed E-state index contributed by atoms with van der Waals surface area (Å²) in [5.74, 6) is -0.223. The third-order valence-corrected chi connectivity index (χ3v) is 3.57. The number of aromatic nitrogens is 3. The Hall–Kier alpha value is -2.09. The highest BCUT2D eigenvalue weighted by Crippen LogP contribution is 2.38. The molecule has 1 saturated carbocycles. The zero-order valence-electron chi connectivity index (χ0n) is 10.8. The molecule has 2 N–H and O–H groups in total. The molecular formula is C13H13F3N4O. The average molecular weight is 298 g/mol. The van der Waals surface area contributed by atoms with Gasteiger partial charge in [-0.3, -0.25) is 4.68 Å². The molecule has 5 nitrogen and oxygen atoms in total. The maximum absolute atomic E-state index is 12.9. The van der Waals surface area contributed by atoms with Crippen molar-refractivity contribution in [2.45, 2.75) is 30.8 Å². The van der Waals surface area contributed by atoms with Crippen molar-refractivity contribution in [3.05, 3.63) is 42.4 Å². The van der Waals surface area contributed by atoms with Gasteiger partial charge in [-0.1, -0.05) is 0 Å². The fourth-order valence-electron chi connectivity index (χ4n) is 2.50. The number of nitrogens with one attached hydrogen (secondary N) is 1. The summed E-state index contributed by atoms with van der Waals surface area (Å²) in [6.07, 6.45) is -0.233. The molecule has 3 atom stereocenters. The lowest BCUT2D eigenvalue weighted by molar-refractivity contribution is -0.137. The van der Waals surface area contributed by atoms with Crippen LogP contribution < -0.4 is 5.32 Å². The molecule has 0 radical (unpaired) electrons. The summed E-state index contributed by atoms with van der Waals surface area (Å²) in [5, 5.41) is 16.6. The lowest BCUT2D eigenvalue weighted by Gasteiger charge is -2.42. The van der Waals surface area contributed by atoms with Gasteiger partial charge in [0.2, 0.25) is 0 Å². The monoisotopic (exact) mass is 298 g/mol. The second-order valence-corrected chi connectivity index (χ2v) is 4.93. The van der Waals surface area contributed by atoms with Gasteiger partial charge < -0.3 is 10.4 Å². The molecule has 1 aliphatic rings. The van der Waals surface area contributed by atoms with Gasteiger partial charge in [0.05, 0.1) is 23.8 Å². The molecule has 0 saturated heterocycles. The second kappa shape index (κ2) is 5.03. The lowest BCUT2D eigenvalue weighted by atomic mass is 9.83. The van der Waals surface area contributed by atoms with E-state index in [0.29, 0.717) is 6.42 Å². The quantitative estimate of drug-likeness (QED) is 0.910. The van der Waals surface area contributed by atoms with Gasteiger partial charge in [0.1, 0.15) is 5.82 Å². The summed E-state index contributed by atoms with van der Waals surface area (Å²) in [4.78, 5) is 3.77. The van der Waals surface area contributed by atoms with E-state index in [4.69, 9.17) is 0 Å². The Balaban J connectivity index is 1.82. The molecule has 1 fully saturated rings. The van der Waals surface area contributed by atoms with Crippen LogP contribution in [0.2, 0.25) is 0 Å². The van der Waals surface area contributed by atoms with Gasteiger partial charge in [-0.25, -0.2) is 4.98 Å². The fourth-order valence-corrected chi connectivity index (χ4v) is 2.50. The number of halogens is 3. The summed E-state index contributed by atoms with van der Waals surface area (Å²) in [7, 11) is 0. The van der Waals surface area contributed by atoms with Gasteiger partial charge in [0.15, 0.2) is 0 Å². The van der Waals surface area contributed by atoms with Crippen LogP contribution in [0.15, 0.2) is 36.8 Å². The molecule has 0 spiro atoms. The third kappa shape index (κ3) is 2.58. The molecule has 2 aromatic heterocycles. The predicted octanol–water partition coefficient (Wildman–Crippen LogP) is 2.08. The van der Waals surface area contributed by atoms with E-state index in [1.54, 1.807) is 23.1 Å². The predicted molar refractivity (Wildman–Crippen MR) is 68.5 cm³/mol. The standard InChI is InChI=1S/C13H13F3N4O/c14-13(15,16)8-3-1-4-17-12(8)19-9-7-10(21)11(9)20-6-2-5-18-20/h1-6,9-11,21H,7H2,(H,17,19)/t9-,10+,11+/m0/s1. The molecule has 8 heteroatoms. The van der Waals surface area contributed by atoms with E-state index in [0.717, 1.165) is 6.07 Å². The van der Waals surface area contributed by atoms with Gasteiger partial charge >= 0.3 is 6.18 Å². The number of anilines is 1. The molecular weight excluding hydrogens is 285 g/mol. The highest BCUT2D eigenvalue weighted by Gasteiger charge is 2.43. The van der Waals surface area contributed by atoms with Crippen molar-refractivity contribution < 1.29 is 18.3 Å². The Morgan fingerprint density at radius 2 is 2.10 bits per heavy atom. The average Bonchev–Trinajstić information content (AvgIpc) is 2.90. The Kier molecular flexibility index (Phi) is 3.32. The zero-order valence-corrected chi connectivity index (χ0v) is 10.8. The Labute approximate surface area is 118 Å². The number of nitrogens with zero attached hydrogens (tertiary/aromatic N) is 3. The molecule has 0 amide bonds. The smallest absolute Gasteiger partial charge is 0.391 e. The Bertz CT molecular complexity index is 614. The van der Waals surface area contributed by atoms with Gasteiger partial charge in [-0.2, -0.15) is 18.3 Å². The van der Waals surface area contributed by atoms with Gasteiger partial charge in [-0.15, -0.1) is 0 Å². The molecule has 21 heavy (non-hydrogen) atoms. The van der Waals surface area contributed by atoms with Crippen molar-refractivity contribution in [3.63, 3.8) is 0 Å². The number of hydrogen-bond acceptors (Lipinski definition) is 4. The summed E-state index contributed by atoms with van der Waals surface area (Å²) in [6.45, 7) is 0. The summed E-state index contributed by atoms with van der Waals surface area (Å²) in [5.41, 5.74) is -0.814. The first-order chi connectivity index (χ1) is 9.97. The van der Waals surface area contributed by atoms with E-state index in [1.165, 1.54) is 12.3 Å². The minimum atomic E-state index is -4.47. The van der Waals surface area contributed by atoms with Gasteiger partial charge in [0.25, 0.3) is 0 Å². The van der Waals surface area contributed by atoms with Gasteiger partial charge in [-0.05, 0) is 24.6 Å². The van der Waals surface area contributed by atoms with Crippen LogP contribution in [0.4, 0.5) is 19.0 Å². The van der Waals surface area contributed by atoms with Crippen LogP contribution in [0, 0.1) is 0 Å². The summed E-state index contributed by atoms with van der Waals surface area (Å²) >= 11 is 0. The van der Waals surface area contributed by atoms with Crippen LogP contribution in [-0.4, -0.2) is 32.0 Å².